The third-order valence-corrected chi connectivity index (χ3v) is 6.85. The summed E-state index contributed by atoms with van der Waals surface area (Å²) in [5.41, 5.74) is 0. The largest absolute Gasteiger partial charge is 0.417 e. The van der Waals surface area contributed by atoms with E-state index in [9.17, 15) is 9.18 Å². The second-order valence-corrected chi connectivity index (χ2v) is 8.65. The van der Waals surface area contributed by atoms with E-state index in [4.69, 9.17) is 9.15 Å². The topological polar surface area (TPSA) is 84.6 Å². The molecule has 0 aliphatic carbocycles. The average molecular weight is 407 g/mol. The molecule has 0 radical (unpaired) electrons. The molecule has 8 nitrogen and oxygen atoms in total. The van der Waals surface area contributed by atoms with Crippen LogP contribution in [0.1, 0.15) is 38.2 Å². The highest BCUT2D eigenvalue weighted by Gasteiger charge is 2.47. The van der Waals surface area contributed by atoms with Gasteiger partial charge in [-0.2, -0.15) is 0 Å². The number of carbonyl (C=O) groups is 1. The standard InChI is InChI=1S/C18H22FN5O3S/c1-10(19)15-21-22-16(27-15)14-7-20-18(28-14)24-9-12-6-13(24)8-23(12)17(25)11-2-4-26-5-3-11/h7,10-13H,2-6,8-9H2,1H3. The Bertz CT molecular complexity index is 865. The van der Waals surface area contributed by atoms with Crippen LogP contribution < -0.4 is 4.90 Å². The van der Waals surface area contributed by atoms with Crippen molar-refractivity contribution in [1.29, 1.82) is 0 Å². The molecule has 3 aliphatic heterocycles. The lowest BCUT2D eigenvalue weighted by molar-refractivity contribution is -0.139. The van der Waals surface area contributed by atoms with Crippen LogP contribution in [0.2, 0.25) is 0 Å². The molecular weight excluding hydrogens is 385 g/mol. The van der Waals surface area contributed by atoms with Crippen LogP contribution in [-0.2, 0) is 9.53 Å². The second-order valence-electron chi connectivity index (χ2n) is 7.64. The fourth-order valence-corrected chi connectivity index (χ4v) is 5.26. The molecule has 0 aromatic carbocycles. The molecule has 3 unspecified atom stereocenters. The number of piperazine rings is 1. The number of aromatic nitrogens is 3. The van der Waals surface area contributed by atoms with Gasteiger partial charge < -0.3 is 19.0 Å². The molecule has 2 bridgehead atoms. The number of nitrogens with zero attached hydrogens (tertiary/aromatic N) is 5. The summed E-state index contributed by atoms with van der Waals surface area (Å²) < 4.78 is 24.1. The zero-order valence-electron chi connectivity index (χ0n) is 15.6. The lowest BCUT2D eigenvalue weighted by Crippen LogP contribution is -2.51. The van der Waals surface area contributed by atoms with Gasteiger partial charge in [0.1, 0.15) is 4.88 Å². The summed E-state index contributed by atoms with van der Waals surface area (Å²) in [4.78, 5) is 22.4. The van der Waals surface area contributed by atoms with E-state index in [1.807, 2.05) is 0 Å². The predicted octanol–water partition coefficient (Wildman–Crippen LogP) is 2.44. The van der Waals surface area contributed by atoms with Crippen molar-refractivity contribution < 1.29 is 18.3 Å². The van der Waals surface area contributed by atoms with E-state index in [1.165, 1.54) is 18.3 Å². The maximum atomic E-state index is 13.3. The number of thiazole rings is 1. The zero-order chi connectivity index (χ0) is 19.3. The first-order chi connectivity index (χ1) is 13.6. The molecule has 0 spiro atoms. The lowest BCUT2D eigenvalue weighted by Gasteiger charge is -2.36. The van der Waals surface area contributed by atoms with Gasteiger partial charge in [0, 0.05) is 32.2 Å². The van der Waals surface area contributed by atoms with Crippen molar-refractivity contribution in [2.45, 2.75) is 44.4 Å². The second kappa shape index (κ2) is 7.07. The Balaban J connectivity index is 1.26. The number of halogens is 1. The van der Waals surface area contributed by atoms with Crippen molar-refractivity contribution in [3.63, 3.8) is 0 Å². The van der Waals surface area contributed by atoms with E-state index in [0.29, 0.717) is 19.1 Å². The average Bonchev–Trinajstić information content (AvgIpc) is 3.50. The smallest absolute Gasteiger partial charge is 0.259 e. The first kappa shape index (κ1) is 18.0. The molecular formula is C18H22FN5O3S. The summed E-state index contributed by atoms with van der Waals surface area (Å²) in [7, 11) is 0. The van der Waals surface area contributed by atoms with Crippen LogP contribution >= 0.6 is 11.3 Å². The molecule has 3 fully saturated rings. The molecule has 3 saturated heterocycles. The zero-order valence-corrected chi connectivity index (χ0v) is 16.4. The Morgan fingerprint density at radius 1 is 1.29 bits per heavy atom. The molecule has 3 aliphatic rings. The highest BCUT2D eigenvalue weighted by Crippen LogP contribution is 2.39. The number of amides is 1. The van der Waals surface area contributed by atoms with E-state index in [1.54, 1.807) is 6.20 Å². The van der Waals surface area contributed by atoms with Gasteiger partial charge in [-0.25, -0.2) is 9.37 Å². The van der Waals surface area contributed by atoms with Crippen LogP contribution in [0.15, 0.2) is 10.6 Å². The van der Waals surface area contributed by atoms with Crippen LogP contribution in [0, 0.1) is 5.92 Å². The number of carbonyl (C=O) groups excluding carboxylic acids is 1. The van der Waals surface area contributed by atoms with E-state index >= 15 is 0 Å². The molecule has 5 rings (SSSR count). The quantitative estimate of drug-likeness (QED) is 0.770. The van der Waals surface area contributed by atoms with Gasteiger partial charge in [0.25, 0.3) is 11.8 Å². The molecule has 10 heteroatoms. The summed E-state index contributed by atoms with van der Waals surface area (Å²) in [5.74, 6) is 0.669. The summed E-state index contributed by atoms with van der Waals surface area (Å²) in [5, 5.41) is 8.53. The van der Waals surface area contributed by atoms with Gasteiger partial charge >= 0.3 is 0 Å². The van der Waals surface area contributed by atoms with Crippen LogP contribution in [0.4, 0.5) is 9.52 Å². The summed E-state index contributed by atoms with van der Waals surface area (Å²) in [6, 6.07) is 0.534. The molecule has 2 aromatic rings. The van der Waals surface area contributed by atoms with Crippen molar-refractivity contribution in [3.8, 4) is 10.8 Å². The van der Waals surface area contributed by atoms with Gasteiger partial charge in [-0.15, -0.1) is 10.2 Å². The Morgan fingerprint density at radius 2 is 2.11 bits per heavy atom. The van der Waals surface area contributed by atoms with E-state index in [0.717, 1.165) is 42.4 Å². The molecule has 1 amide bonds. The Kier molecular flexibility index (Phi) is 4.54. The first-order valence-electron chi connectivity index (χ1n) is 9.68. The first-order valence-corrected chi connectivity index (χ1v) is 10.5. The van der Waals surface area contributed by atoms with E-state index < -0.39 is 6.17 Å². The SMILES string of the molecule is CC(F)c1nnc(-c2cnc(N3CC4CC3CN4C(=O)C3CCOCC3)s2)o1. The third-order valence-electron chi connectivity index (χ3n) is 5.83. The molecule has 150 valence electrons. The number of likely N-dealkylation sites (tertiary alicyclic amines) is 1. The molecule has 2 aromatic heterocycles. The van der Waals surface area contributed by atoms with Gasteiger partial charge in [0.05, 0.1) is 18.3 Å². The summed E-state index contributed by atoms with van der Waals surface area (Å²) in [6.07, 6.45) is 3.04. The molecule has 28 heavy (non-hydrogen) atoms. The fourth-order valence-electron chi connectivity index (χ4n) is 4.34. The summed E-state index contributed by atoms with van der Waals surface area (Å²) >= 11 is 1.46. The highest BCUT2D eigenvalue weighted by atomic mass is 32.1. The van der Waals surface area contributed by atoms with Gasteiger partial charge in [-0.1, -0.05) is 11.3 Å². The predicted molar refractivity (Wildman–Crippen MR) is 99.7 cm³/mol. The maximum Gasteiger partial charge on any atom is 0.259 e. The highest BCUT2D eigenvalue weighted by molar-refractivity contribution is 7.18. The van der Waals surface area contributed by atoms with E-state index in [-0.39, 0.29) is 29.8 Å². The van der Waals surface area contributed by atoms with Crippen molar-refractivity contribution in [1.82, 2.24) is 20.1 Å². The van der Waals surface area contributed by atoms with Crippen LogP contribution in [0.25, 0.3) is 10.8 Å². The van der Waals surface area contributed by atoms with E-state index in [2.05, 4.69) is 25.0 Å². The molecule has 0 saturated carbocycles. The number of fused-ring (bicyclic) bond motifs is 2. The van der Waals surface area contributed by atoms with Crippen molar-refractivity contribution in [3.05, 3.63) is 12.1 Å². The number of alkyl halides is 1. The van der Waals surface area contributed by atoms with Crippen LogP contribution in [0.3, 0.4) is 0 Å². The fraction of sp³-hybridized carbons (Fsp3) is 0.667. The molecule has 0 N–H and O–H groups in total. The lowest BCUT2D eigenvalue weighted by atomic mass is 9.98. The number of hydrogen-bond donors (Lipinski definition) is 0. The van der Waals surface area contributed by atoms with Gasteiger partial charge in [0.15, 0.2) is 11.3 Å². The van der Waals surface area contributed by atoms with Gasteiger partial charge in [-0.05, 0) is 26.2 Å². The van der Waals surface area contributed by atoms with Gasteiger partial charge in [0.2, 0.25) is 5.91 Å². The van der Waals surface area contributed by atoms with Crippen LogP contribution in [0.5, 0.6) is 0 Å². The number of ether oxygens (including phenoxy) is 1. The minimum absolute atomic E-state index is 0.0209. The van der Waals surface area contributed by atoms with Gasteiger partial charge in [-0.3, -0.25) is 4.79 Å². The normalized spacial score (nSPS) is 26.2. The minimum Gasteiger partial charge on any atom is -0.417 e. The number of hydrogen-bond acceptors (Lipinski definition) is 8. The molecule has 5 heterocycles. The maximum absolute atomic E-state index is 13.3. The monoisotopic (exact) mass is 407 g/mol. The number of anilines is 1. The Morgan fingerprint density at radius 3 is 2.79 bits per heavy atom. The van der Waals surface area contributed by atoms with Crippen molar-refractivity contribution in [2.24, 2.45) is 5.92 Å². The Hall–Kier alpha value is -2.07. The summed E-state index contributed by atoms with van der Waals surface area (Å²) in [6.45, 7) is 4.28. The minimum atomic E-state index is -1.29. The third kappa shape index (κ3) is 3.08. The Labute approximate surface area is 165 Å². The van der Waals surface area contributed by atoms with Crippen molar-refractivity contribution in [2.75, 3.05) is 31.2 Å². The molecule has 3 atom stereocenters. The number of rotatable bonds is 4. The van der Waals surface area contributed by atoms with Crippen LogP contribution in [-0.4, -0.2) is 64.4 Å². The van der Waals surface area contributed by atoms with Crippen molar-refractivity contribution >= 4 is 22.4 Å².